The third kappa shape index (κ3) is 4.37. The Morgan fingerprint density at radius 3 is 2.36 bits per heavy atom. The van der Waals surface area contributed by atoms with Gasteiger partial charge < -0.3 is 9.64 Å². The first-order chi connectivity index (χ1) is 13.5. The Morgan fingerprint density at radius 1 is 1.14 bits per heavy atom. The van der Waals surface area contributed by atoms with Crippen molar-refractivity contribution in [1.82, 2.24) is 9.88 Å². The van der Waals surface area contributed by atoms with Crippen molar-refractivity contribution in [3.63, 3.8) is 0 Å². The molecule has 2 aliphatic carbocycles. The Labute approximate surface area is 169 Å². The highest BCUT2D eigenvalue weighted by Gasteiger charge is 2.39. The number of thiazole rings is 1. The van der Waals surface area contributed by atoms with E-state index in [1.54, 1.807) is 12.1 Å². The number of aromatic nitrogens is 1. The number of carbonyl (C=O) groups is 1. The third-order valence-corrected chi connectivity index (χ3v) is 6.88. The van der Waals surface area contributed by atoms with Crippen LogP contribution in [0.5, 0.6) is 5.75 Å². The van der Waals surface area contributed by atoms with E-state index in [4.69, 9.17) is 4.74 Å². The van der Waals surface area contributed by atoms with Gasteiger partial charge in [-0.15, -0.1) is 11.3 Å². The van der Waals surface area contributed by atoms with Crippen LogP contribution in [-0.2, 0) is 6.61 Å². The van der Waals surface area contributed by atoms with E-state index in [1.807, 2.05) is 6.92 Å². The number of carbonyl (C=O) groups excluding carboxylic acids is 1. The number of hydrogen-bond donors (Lipinski definition) is 0. The lowest BCUT2D eigenvalue weighted by Gasteiger charge is -2.36. The van der Waals surface area contributed by atoms with Gasteiger partial charge in [-0.25, -0.2) is 9.37 Å². The molecule has 2 aromatic rings. The highest BCUT2D eigenvalue weighted by molar-refractivity contribution is 7.13. The average Bonchev–Trinajstić information content (AvgIpc) is 3.44. The molecule has 0 spiro atoms. The van der Waals surface area contributed by atoms with Gasteiger partial charge in [0.15, 0.2) is 0 Å². The van der Waals surface area contributed by atoms with Crippen LogP contribution in [0.1, 0.15) is 65.8 Å². The van der Waals surface area contributed by atoms with Crippen LogP contribution in [0.3, 0.4) is 0 Å². The number of rotatable bonds is 6. The van der Waals surface area contributed by atoms with Crippen molar-refractivity contribution in [3.05, 3.63) is 45.7 Å². The molecule has 1 aromatic carbocycles. The van der Waals surface area contributed by atoms with Gasteiger partial charge in [0.1, 0.15) is 28.1 Å². The summed E-state index contributed by atoms with van der Waals surface area (Å²) in [5.41, 5.74) is 0.780. The van der Waals surface area contributed by atoms with Gasteiger partial charge in [-0.2, -0.15) is 0 Å². The molecule has 0 atom stereocenters. The van der Waals surface area contributed by atoms with Gasteiger partial charge in [-0.3, -0.25) is 4.79 Å². The summed E-state index contributed by atoms with van der Waals surface area (Å²) in [5, 5.41) is 0.776. The molecule has 28 heavy (non-hydrogen) atoms. The van der Waals surface area contributed by atoms with Crippen molar-refractivity contribution in [1.29, 1.82) is 0 Å². The lowest BCUT2D eigenvalue weighted by Crippen LogP contribution is -2.43. The van der Waals surface area contributed by atoms with Gasteiger partial charge >= 0.3 is 0 Å². The third-order valence-electron chi connectivity index (χ3n) is 5.76. The molecular weight excluding hydrogens is 375 g/mol. The first-order valence-electron chi connectivity index (χ1n) is 10.2. The largest absolute Gasteiger partial charge is 0.486 e. The Balaban J connectivity index is 1.45. The fraction of sp³-hybridized carbons (Fsp3) is 0.545. The van der Waals surface area contributed by atoms with E-state index in [9.17, 15) is 9.18 Å². The van der Waals surface area contributed by atoms with E-state index < -0.39 is 0 Å². The number of halogens is 1. The Morgan fingerprint density at radius 2 is 1.75 bits per heavy atom. The SMILES string of the molecule is Cc1nc(COc2ccc(F)cc2)sc1C(=O)N(C1CCC(C)CC1)C1CC1. The monoisotopic (exact) mass is 402 g/mol. The Bertz CT molecular complexity index is 824. The first-order valence-corrected chi connectivity index (χ1v) is 11.0. The maximum atomic E-state index is 13.4. The fourth-order valence-corrected chi connectivity index (χ4v) is 4.93. The molecule has 2 saturated carbocycles. The molecular formula is C22H27FN2O2S. The number of amides is 1. The maximum absolute atomic E-state index is 13.4. The lowest BCUT2D eigenvalue weighted by atomic mass is 9.86. The van der Waals surface area contributed by atoms with Crippen molar-refractivity contribution in [2.45, 2.75) is 71.1 Å². The Kier molecular flexibility index (Phi) is 5.67. The van der Waals surface area contributed by atoms with Crippen LogP contribution >= 0.6 is 11.3 Å². The topological polar surface area (TPSA) is 42.4 Å². The molecule has 1 amide bonds. The summed E-state index contributed by atoms with van der Waals surface area (Å²) in [4.78, 5) is 20.8. The molecule has 0 N–H and O–H groups in total. The predicted octanol–water partition coefficient (Wildman–Crippen LogP) is 5.35. The van der Waals surface area contributed by atoms with E-state index >= 15 is 0 Å². The summed E-state index contributed by atoms with van der Waals surface area (Å²) in [6.07, 6.45) is 6.88. The molecule has 0 saturated heterocycles. The van der Waals surface area contributed by atoms with Crippen LogP contribution in [0.4, 0.5) is 4.39 Å². The van der Waals surface area contributed by atoms with Crippen LogP contribution in [-0.4, -0.2) is 27.9 Å². The molecule has 1 heterocycles. The van der Waals surface area contributed by atoms with Gasteiger partial charge in [0.2, 0.25) is 0 Å². The minimum atomic E-state index is -0.289. The average molecular weight is 403 g/mol. The zero-order chi connectivity index (χ0) is 19.7. The van der Waals surface area contributed by atoms with Crippen molar-refractivity contribution in [2.75, 3.05) is 0 Å². The van der Waals surface area contributed by atoms with Crippen LogP contribution in [0, 0.1) is 18.7 Å². The fourth-order valence-electron chi connectivity index (χ4n) is 4.01. The second-order valence-electron chi connectivity index (χ2n) is 8.12. The number of hydrogen-bond acceptors (Lipinski definition) is 4. The van der Waals surface area contributed by atoms with Crippen molar-refractivity contribution in [2.24, 2.45) is 5.92 Å². The summed E-state index contributed by atoms with van der Waals surface area (Å²) in [6, 6.07) is 6.72. The normalized spacial score (nSPS) is 22.1. The second kappa shape index (κ2) is 8.19. The maximum Gasteiger partial charge on any atom is 0.266 e. The molecule has 2 aliphatic rings. The van der Waals surface area contributed by atoms with E-state index in [0.717, 1.165) is 47.2 Å². The molecule has 6 heteroatoms. The molecule has 0 unspecified atom stereocenters. The predicted molar refractivity (Wildman–Crippen MR) is 108 cm³/mol. The van der Waals surface area contributed by atoms with Crippen LogP contribution in [0.25, 0.3) is 0 Å². The number of benzene rings is 1. The number of aryl methyl sites for hydroxylation is 1. The van der Waals surface area contributed by atoms with Crippen LogP contribution in [0.15, 0.2) is 24.3 Å². The zero-order valence-corrected chi connectivity index (χ0v) is 17.3. The van der Waals surface area contributed by atoms with Crippen molar-refractivity contribution < 1.29 is 13.9 Å². The lowest BCUT2D eigenvalue weighted by molar-refractivity contribution is 0.0597. The molecule has 0 bridgehead atoms. The quantitative estimate of drug-likeness (QED) is 0.654. The van der Waals surface area contributed by atoms with Gasteiger partial charge in [0, 0.05) is 12.1 Å². The van der Waals surface area contributed by atoms with Gasteiger partial charge in [-0.05, 0) is 75.6 Å². The molecule has 4 nitrogen and oxygen atoms in total. The highest BCUT2D eigenvalue weighted by Crippen LogP contribution is 2.37. The molecule has 2 fully saturated rings. The molecule has 150 valence electrons. The molecule has 0 radical (unpaired) electrons. The van der Waals surface area contributed by atoms with Gasteiger partial charge in [0.25, 0.3) is 5.91 Å². The second-order valence-corrected chi connectivity index (χ2v) is 9.21. The number of ether oxygens (including phenoxy) is 1. The summed E-state index contributed by atoms with van der Waals surface area (Å²) >= 11 is 1.43. The summed E-state index contributed by atoms with van der Waals surface area (Å²) in [5.74, 6) is 1.22. The minimum absolute atomic E-state index is 0.144. The van der Waals surface area contributed by atoms with Crippen LogP contribution in [0.2, 0.25) is 0 Å². The summed E-state index contributed by atoms with van der Waals surface area (Å²) in [7, 11) is 0. The standard InChI is InChI=1S/C22H27FN2O2S/c1-14-3-7-17(8-4-14)25(18-9-10-18)22(26)21-15(2)24-20(28-21)13-27-19-11-5-16(23)6-12-19/h5-6,11-12,14,17-18H,3-4,7-10,13H2,1-2H3. The summed E-state index contributed by atoms with van der Waals surface area (Å²) in [6.45, 7) is 4.49. The first kappa shape index (κ1) is 19.4. The zero-order valence-electron chi connectivity index (χ0n) is 16.5. The van der Waals surface area contributed by atoms with E-state index in [0.29, 0.717) is 17.8 Å². The van der Waals surface area contributed by atoms with E-state index in [-0.39, 0.29) is 18.3 Å². The Hall–Kier alpha value is -1.95. The smallest absolute Gasteiger partial charge is 0.266 e. The van der Waals surface area contributed by atoms with Crippen molar-refractivity contribution in [3.8, 4) is 5.75 Å². The van der Waals surface area contributed by atoms with E-state index in [2.05, 4.69) is 16.8 Å². The molecule has 4 rings (SSSR count). The van der Waals surface area contributed by atoms with Gasteiger partial charge in [0.05, 0.1) is 5.69 Å². The molecule has 1 aromatic heterocycles. The number of nitrogens with zero attached hydrogens (tertiary/aromatic N) is 2. The van der Waals surface area contributed by atoms with Crippen LogP contribution < -0.4 is 4.74 Å². The highest BCUT2D eigenvalue weighted by atomic mass is 32.1. The minimum Gasteiger partial charge on any atom is -0.486 e. The summed E-state index contributed by atoms with van der Waals surface area (Å²) < 4.78 is 18.7. The molecule has 0 aliphatic heterocycles. The van der Waals surface area contributed by atoms with Gasteiger partial charge in [-0.1, -0.05) is 6.92 Å². The van der Waals surface area contributed by atoms with E-state index in [1.165, 1.54) is 36.3 Å². The van der Waals surface area contributed by atoms with Crippen molar-refractivity contribution >= 4 is 17.2 Å².